The minimum atomic E-state index is -0.411. The summed E-state index contributed by atoms with van der Waals surface area (Å²) in [6.45, 7) is 6.35. The number of benzene rings is 2. The standard InChI is InChI=1S/C30H35FN6O3.2H2/c1-19(2)29(33)37-18-23(7-10-28(37)32)40-27-9-8-26(24-5-3-4-6-25(24)27)35-30(38)34-21-15-20(31)16-22(17-21)36-11-13-39-14-12-36;;/h3-7,10,15-19,26-27,32-33H,8-9,11-14H2,1-2H3,(H2,34,35,38);2*1H/t26-,27-;;/m0../s1. The number of halogens is 1. The van der Waals surface area contributed by atoms with Gasteiger partial charge in [-0.2, -0.15) is 0 Å². The molecule has 2 aromatic carbocycles. The Bertz CT molecular complexity index is 1460. The fourth-order valence-corrected chi connectivity index (χ4v) is 5.19. The maximum Gasteiger partial charge on any atom is 0.319 e. The molecule has 2 amide bonds. The molecular weight excluding hydrogens is 511 g/mol. The number of nitrogens with zero attached hydrogens (tertiary/aromatic N) is 2. The lowest BCUT2D eigenvalue weighted by atomic mass is 9.85. The lowest BCUT2D eigenvalue weighted by Crippen LogP contribution is -2.37. The molecule has 10 heteroatoms. The molecule has 0 saturated carbocycles. The van der Waals surface area contributed by atoms with Crippen LogP contribution in [0, 0.1) is 22.6 Å². The van der Waals surface area contributed by atoms with Crippen molar-refractivity contribution in [1.82, 2.24) is 9.88 Å². The summed E-state index contributed by atoms with van der Waals surface area (Å²) in [5.41, 5.74) is 3.26. The van der Waals surface area contributed by atoms with Crippen LogP contribution in [-0.4, -0.2) is 42.7 Å². The zero-order valence-electron chi connectivity index (χ0n) is 22.7. The highest BCUT2D eigenvalue weighted by atomic mass is 19.1. The van der Waals surface area contributed by atoms with E-state index in [0.29, 0.717) is 62.1 Å². The number of fused-ring (bicyclic) bond motifs is 1. The number of nitrogens with one attached hydrogen (secondary N) is 4. The lowest BCUT2D eigenvalue weighted by Gasteiger charge is -2.32. The van der Waals surface area contributed by atoms with Gasteiger partial charge in [0.15, 0.2) is 0 Å². The van der Waals surface area contributed by atoms with Gasteiger partial charge in [-0.1, -0.05) is 38.1 Å². The molecule has 1 aromatic heterocycles. The number of hydrogen-bond donors (Lipinski definition) is 4. The Morgan fingerprint density at radius 1 is 1.10 bits per heavy atom. The number of carbonyl (C=O) groups is 1. The van der Waals surface area contributed by atoms with Crippen molar-refractivity contribution in [3.8, 4) is 5.75 Å². The number of amides is 2. The molecule has 3 aromatic rings. The van der Waals surface area contributed by atoms with Crippen molar-refractivity contribution >= 4 is 23.2 Å². The maximum atomic E-state index is 14.4. The molecule has 2 heterocycles. The molecule has 0 unspecified atom stereocenters. The molecular formula is C30H39FN6O3. The van der Waals surface area contributed by atoms with Gasteiger partial charge in [0.1, 0.15) is 29.0 Å². The molecule has 1 aliphatic heterocycles. The quantitative estimate of drug-likeness (QED) is 0.233. The summed E-state index contributed by atoms with van der Waals surface area (Å²) in [6.07, 6.45) is 2.76. The number of carbonyl (C=O) groups excluding carboxylic acids is 1. The predicted molar refractivity (Wildman–Crippen MR) is 156 cm³/mol. The van der Waals surface area contributed by atoms with Crippen molar-refractivity contribution in [2.24, 2.45) is 5.92 Å². The van der Waals surface area contributed by atoms with Crippen LogP contribution in [0.25, 0.3) is 0 Å². The smallest absolute Gasteiger partial charge is 0.319 e. The summed E-state index contributed by atoms with van der Waals surface area (Å²) >= 11 is 0. The number of rotatable bonds is 6. The first-order chi connectivity index (χ1) is 19.3. The van der Waals surface area contributed by atoms with E-state index in [1.807, 2.05) is 43.0 Å². The number of urea groups is 1. The van der Waals surface area contributed by atoms with Crippen LogP contribution in [0.5, 0.6) is 5.75 Å². The predicted octanol–water partition coefficient (Wildman–Crippen LogP) is 5.69. The summed E-state index contributed by atoms with van der Waals surface area (Å²) in [4.78, 5) is 15.0. The second kappa shape index (κ2) is 11.9. The summed E-state index contributed by atoms with van der Waals surface area (Å²) in [5.74, 6) is 0.458. The summed E-state index contributed by atoms with van der Waals surface area (Å²) < 4.78 is 27.6. The monoisotopic (exact) mass is 550 g/mol. The van der Waals surface area contributed by atoms with E-state index in [0.717, 1.165) is 11.1 Å². The molecule has 0 bridgehead atoms. The fraction of sp³-hybridized carbons (Fsp3) is 0.367. The zero-order valence-corrected chi connectivity index (χ0v) is 22.7. The van der Waals surface area contributed by atoms with Crippen LogP contribution in [0.15, 0.2) is 60.8 Å². The number of ether oxygens (including phenoxy) is 2. The van der Waals surface area contributed by atoms with Gasteiger partial charge in [0.05, 0.1) is 25.5 Å². The Hall–Kier alpha value is -4.18. The van der Waals surface area contributed by atoms with Crippen LogP contribution in [0.4, 0.5) is 20.6 Å². The van der Waals surface area contributed by atoms with Gasteiger partial charge in [0.2, 0.25) is 0 Å². The number of morpholine rings is 1. The van der Waals surface area contributed by atoms with Crippen LogP contribution >= 0.6 is 0 Å². The third-order valence-corrected chi connectivity index (χ3v) is 7.26. The van der Waals surface area contributed by atoms with Gasteiger partial charge in [-0.25, -0.2) is 9.18 Å². The normalized spacial score (nSPS) is 18.6. The van der Waals surface area contributed by atoms with E-state index in [1.165, 1.54) is 16.7 Å². The molecule has 4 N–H and O–H groups in total. The average molecular weight is 551 g/mol. The van der Waals surface area contributed by atoms with E-state index in [-0.39, 0.29) is 26.4 Å². The van der Waals surface area contributed by atoms with Crippen molar-refractivity contribution in [3.63, 3.8) is 0 Å². The van der Waals surface area contributed by atoms with Gasteiger partial charge in [0, 0.05) is 33.2 Å². The van der Waals surface area contributed by atoms with Crippen LogP contribution in [0.3, 0.4) is 0 Å². The van der Waals surface area contributed by atoms with E-state index < -0.39 is 11.8 Å². The van der Waals surface area contributed by atoms with Crippen LogP contribution in [0.1, 0.15) is 52.8 Å². The Kier molecular flexibility index (Phi) is 8.16. The molecule has 9 nitrogen and oxygen atoms in total. The molecule has 214 valence electrons. The fourth-order valence-electron chi connectivity index (χ4n) is 5.19. The molecule has 0 radical (unpaired) electrons. The van der Waals surface area contributed by atoms with E-state index in [9.17, 15) is 9.18 Å². The summed E-state index contributed by atoms with van der Waals surface area (Å²) in [7, 11) is 0. The summed E-state index contributed by atoms with van der Waals surface area (Å²) in [5, 5.41) is 22.3. The Morgan fingerprint density at radius 2 is 1.85 bits per heavy atom. The average Bonchev–Trinajstić information content (AvgIpc) is 2.95. The van der Waals surface area contributed by atoms with Crippen LogP contribution < -0.4 is 25.8 Å². The third kappa shape index (κ3) is 6.17. The highest BCUT2D eigenvalue weighted by molar-refractivity contribution is 5.90. The zero-order chi connectivity index (χ0) is 28.2. The Balaban J connectivity index is 0.00000242. The molecule has 1 fully saturated rings. The van der Waals surface area contributed by atoms with Crippen molar-refractivity contribution in [2.75, 3.05) is 36.5 Å². The van der Waals surface area contributed by atoms with Gasteiger partial charge in [-0.3, -0.25) is 15.4 Å². The highest BCUT2D eigenvalue weighted by Gasteiger charge is 2.29. The van der Waals surface area contributed by atoms with Gasteiger partial charge < -0.3 is 25.0 Å². The van der Waals surface area contributed by atoms with Crippen LogP contribution in [0.2, 0.25) is 0 Å². The van der Waals surface area contributed by atoms with Gasteiger partial charge in [0.25, 0.3) is 0 Å². The van der Waals surface area contributed by atoms with Crippen molar-refractivity contribution < 1.29 is 21.5 Å². The van der Waals surface area contributed by atoms with Crippen LogP contribution in [-0.2, 0) is 4.74 Å². The SMILES string of the molecule is CC(C)C(=N)n1cc(O[C@H]2CC[C@H](NC(=O)Nc3cc(F)cc(N4CCOCC4)c3)c3ccccc32)ccc1=N.[HH].[HH]. The first-order valence-corrected chi connectivity index (χ1v) is 13.6. The van der Waals surface area contributed by atoms with Gasteiger partial charge in [-0.15, -0.1) is 0 Å². The van der Waals surface area contributed by atoms with Gasteiger partial charge in [-0.05, 0) is 54.3 Å². The number of pyridine rings is 1. The molecule has 2 atom stereocenters. The molecule has 40 heavy (non-hydrogen) atoms. The van der Waals surface area contributed by atoms with E-state index in [1.54, 1.807) is 24.4 Å². The second-order valence-corrected chi connectivity index (χ2v) is 10.4. The molecule has 1 saturated heterocycles. The molecule has 5 rings (SSSR count). The first kappa shape index (κ1) is 27.4. The number of aromatic nitrogens is 1. The maximum absolute atomic E-state index is 14.4. The van der Waals surface area contributed by atoms with Crippen molar-refractivity contribution in [2.45, 2.75) is 38.8 Å². The van der Waals surface area contributed by atoms with Gasteiger partial charge >= 0.3 is 6.03 Å². The minimum absolute atomic E-state index is 0. The molecule has 1 aliphatic carbocycles. The van der Waals surface area contributed by atoms with Crippen molar-refractivity contribution in [3.05, 3.63) is 83.2 Å². The second-order valence-electron chi connectivity index (χ2n) is 10.4. The summed E-state index contributed by atoms with van der Waals surface area (Å²) in [6, 6.07) is 15.2. The first-order valence-electron chi connectivity index (χ1n) is 13.6. The lowest BCUT2D eigenvalue weighted by molar-refractivity contribution is 0.122. The molecule has 0 spiro atoms. The molecule has 2 aliphatic rings. The largest absolute Gasteiger partial charge is 0.484 e. The number of anilines is 2. The third-order valence-electron chi connectivity index (χ3n) is 7.26. The Morgan fingerprint density at radius 3 is 2.60 bits per heavy atom. The van der Waals surface area contributed by atoms with E-state index >= 15 is 0 Å². The topological polar surface area (TPSA) is 115 Å². The Labute approximate surface area is 235 Å². The number of hydrogen-bond acceptors (Lipinski definition) is 6. The van der Waals surface area contributed by atoms with E-state index in [4.69, 9.17) is 20.3 Å². The van der Waals surface area contributed by atoms with Crippen molar-refractivity contribution in [1.29, 1.82) is 10.8 Å². The van der Waals surface area contributed by atoms with E-state index in [2.05, 4.69) is 10.6 Å². The highest BCUT2D eigenvalue weighted by Crippen LogP contribution is 2.38. The minimum Gasteiger partial charge on any atom is -0.484 e.